The first-order chi connectivity index (χ1) is 8.15. The fraction of sp³-hybridized carbons (Fsp3) is 0.300. The Balaban J connectivity index is 2.04. The number of hydrogen-bond acceptors (Lipinski definition) is 6. The van der Waals surface area contributed by atoms with E-state index < -0.39 is 0 Å². The molecule has 6 nitrogen and oxygen atoms in total. The van der Waals surface area contributed by atoms with E-state index in [1.807, 2.05) is 19.0 Å². The van der Waals surface area contributed by atoms with Crippen LogP contribution in [0.3, 0.4) is 0 Å². The normalized spacial score (nSPS) is 10.2. The largest absolute Gasteiger partial charge is 0.364 e. The molecule has 0 radical (unpaired) electrons. The molecule has 0 aliphatic carbocycles. The standard InChI is InChI=1S/C10H13N5OS/c1-15(2)9-11-4-3-8(14-9)12-5-7-6-17-10(16)13-7/h3-4,6H,5H2,1-2H3,(H,13,16)(H,11,12,14). The second-order valence-electron chi connectivity index (χ2n) is 3.66. The molecule has 0 saturated carbocycles. The van der Waals surface area contributed by atoms with Crippen LogP contribution >= 0.6 is 11.3 Å². The first-order valence-corrected chi connectivity index (χ1v) is 5.94. The Morgan fingerprint density at radius 1 is 1.53 bits per heavy atom. The molecule has 0 spiro atoms. The zero-order chi connectivity index (χ0) is 12.3. The molecule has 0 aromatic carbocycles. The van der Waals surface area contributed by atoms with Crippen LogP contribution in [0.2, 0.25) is 0 Å². The number of hydrogen-bond donors (Lipinski definition) is 2. The summed E-state index contributed by atoms with van der Waals surface area (Å²) in [5, 5.41) is 4.92. The molecule has 0 aliphatic heterocycles. The van der Waals surface area contributed by atoms with Crippen molar-refractivity contribution in [3.63, 3.8) is 0 Å². The van der Waals surface area contributed by atoms with Gasteiger partial charge in [-0.25, -0.2) is 4.98 Å². The van der Waals surface area contributed by atoms with E-state index in [1.165, 1.54) is 0 Å². The number of rotatable bonds is 4. The van der Waals surface area contributed by atoms with Crippen molar-refractivity contribution in [3.05, 3.63) is 33.0 Å². The number of nitrogens with zero attached hydrogens (tertiary/aromatic N) is 3. The summed E-state index contributed by atoms with van der Waals surface area (Å²) in [6.07, 6.45) is 1.70. The van der Waals surface area contributed by atoms with Crippen molar-refractivity contribution in [2.75, 3.05) is 24.3 Å². The Bertz CT molecular complexity index is 547. The SMILES string of the molecule is CN(C)c1nccc(NCc2csc(=O)[nH]2)n1. The second kappa shape index (κ2) is 4.96. The lowest BCUT2D eigenvalue weighted by atomic mass is 10.4. The van der Waals surface area contributed by atoms with E-state index in [0.717, 1.165) is 22.8 Å². The lowest BCUT2D eigenvalue weighted by Gasteiger charge is -2.11. The summed E-state index contributed by atoms with van der Waals surface area (Å²) in [7, 11) is 3.77. The Kier molecular flexibility index (Phi) is 3.38. The summed E-state index contributed by atoms with van der Waals surface area (Å²) in [6, 6.07) is 1.79. The van der Waals surface area contributed by atoms with Gasteiger partial charge in [0.1, 0.15) is 5.82 Å². The van der Waals surface area contributed by atoms with Gasteiger partial charge in [0.15, 0.2) is 0 Å². The summed E-state index contributed by atoms with van der Waals surface area (Å²) >= 11 is 1.16. The summed E-state index contributed by atoms with van der Waals surface area (Å²) in [5.41, 5.74) is 0.852. The minimum atomic E-state index is -0.0431. The fourth-order valence-electron chi connectivity index (χ4n) is 1.25. The molecule has 0 bridgehead atoms. The van der Waals surface area contributed by atoms with Crippen molar-refractivity contribution >= 4 is 23.1 Å². The van der Waals surface area contributed by atoms with Gasteiger partial charge in [0.25, 0.3) is 0 Å². The van der Waals surface area contributed by atoms with Crippen molar-refractivity contribution in [1.29, 1.82) is 0 Å². The first kappa shape index (κ1) is 11.6. The molecule has 2 N–H and O–H groups in total. The lowest BCUT2D eigenvalue weighted by Crippen LogP contribution is -2.13. The highest BCUT2D eigenvalue weighted by molar-refractivity contribution is 7.07. The quantitative estimate of drug-likeness (QED) is 0.844. The number of thiazole rings is 1. The monoisotopic (exact) mass is 251 g/mol. The molecule has 0 aliphatic rings. The topological polar surface area (TPSA) is 73.9 Å². The zero-order valence-electron chi connectivity index (χ0n) is 9.60. The molecule has 17 heavy (non-hydrogen) atoms. The van der Waals surface area contributed by atoms with Crippen LogP contribution < -0.4 is 15.1 Å². The maximum absolute atomic E-state index is 10.9. The van der Waals surface area contributed by atoms with Crippen LogP contribution in [-0.2, 0) is 6.54 Å². The average molecular weight is 251 g/mol. The number of H-pyrrole nitrogens is 1. The van der Waals surface area contributed by atoms with Crippen molar-refractivity contribution in [3.8, 4) is 0 Å². The number of aromatic amines is 1. The summed E-state index contributed by atoms with van der Waals surface area (Å²) in [5.74, 6) is 1.38. The molecular weight excluding hydrogens is 238 g/mol. The van der Waals surface area contributed by atoms with E-state index >= 15 is 0 Å². The average Bonchev–Trinajstić information content (AvgIpc) is 2.73. The first-order valence-electron chi connectivity index (χ1n) is 5.06. The number of aromatic nitrogens is 3. The Morgan fingerprint density at radius 3 is 3.00 bits per heavy atom. The van der Waals surface area contributed by atoms with Crippen LogP contribution in [0.25, 0.3) is 0 Å². The molecular formula is C10H13N5OS. The van der Waals surface area contributed by atoms with Crippen molar-refractivity contribution < 1.29 is 0 Å². The van der Waals surface area contributed by atoms with Crippen LogP contribution in [0.15, 0.2) is 22.4 Å². The lowest BCUT2D eigenvalue weighted by molar-refractivity contribution is 0.979. The number of nitrogens with one attached hydrogen (secondary N) is 2. The highest BCUT2D eigenvalue weighted by Crippen LogP contribution is 2.09. The number of anilines is 2. The molecule has 0 unspecified atom stereocenters. The predicted molar refractivity (Wildman–Crippen MR) is 68.6 cm³/mol. The van der Waals surface area contributed by atoms with E-state index in [-0.39, 0.29) is 4.87 Å². The van der Waals surface area contributed by atoms with Gasteiger partial charge in [-0.05, 0) is 6.07 Å². The zero-order valence-corrected chi connectivity index (χ0v) is 10.4. The Hall–Kier alpha value is -1.89. The van der Waals surface area contributed by atoms with Gasteiger partial charge in [-0.1, -0.05) is 11.3 Å². The summed E-state index contributed by atoms with van der Waals surface area (Å²) < 4.78 is 0. The molecule has 0 saturated heterocycles. The minimum absolute atomic E-state index is 0.0431. The molecule has 0 amide bonds. The van der Waals surface area contributed by atoms with Crippen LogP contribution in [0, 0.1) is 0 Å². The van der Waals surface area contributed by atoms with E-state index in [2.05, 4.69) is 20.3 Å². The van der Waals surface area contributed by atoms with Gasteiger partial charge in [0.2, 0.25) is 5.95 Å². The highest BCUT2D eigenvalue weighted by Gasteiger charge is 2.01. The van der Waals surface area contributed by atoms with Gasteiger partial charge in [-0.2, -0.15) is 4.98 Å². The Labute approximate surface area is 102 Å². The third kappa shape index (κ3) is 3.04. The molecule has 0 fully saturated rings. The van der Waals surface area contributed by atoms with E-state index in [1.54, 1.807) is 17.6 Å². The third-order valence-corrected chi connectivity index (χ3v) is 2.79. The van der Waals surface area contributed by atoms with E-state index in [4.69, 9.17) is 0 Å². The van der Waals surface area contributed by atoms with Crippen molar-refractivity contribution in [2.45, 2.75) is 6.54 Å². The van der Waals surface area contributed by atoms with Crippen molar-refractivity contribution in [2.24, 2.45) is 0 Å². The predicted octanol–water partition coefficient (Wildman–Crippen LogP) is 0.904. The molecule has 7 heteroatoms. The molecule has 2 rings (SSSR count). The van der Waals surface area contributed by atoms with Crippen LogP contribution in [-0.4, -0.2) is 29.0 Å². The fourth-order valence-corrected chi connectivity index (χ4v) is 1.83. The van der Waals surface area contributed by atoms with E-state index in [0.29, 0.717) is 12.5 Å². The second-order valence-corrected chi connectivity index (χ2v) is 4.51. The van der Waals surface area contributed by atoms with Gasteiger partial charge < -0.3 is 15.2 Å². The molecule has 2 aromatic heterocycles. The van der Waals surface area contributed by atoms with Crippen LogP contribution in [0.5, 0.6) is 0 Å². The molecule has 0 atom stereocenters. The smallest absolute Gasteiger partial charge is 0.304 e. The molecule has 2 aromatic rings. The van der Waals surface area contributed by atoms with Crippen LogP contribution in [0.4, 0.5) is 11.8 Å². The third-order valence-electron chi connectivity index (χ3n) is 2.07. The summed E-state index contributed by atoms with van der Waals surface area (Å²) in [6.45, 7) is 0.544. The molecule has 90 valence electrons. The maximum Gasteiger partial charge on any atom is 0.304 e. The van der Waals surface area contributed by atoms with Gasteiger partial charge >= 0.3 is 4.87 Å². The Morgan fingerprint density at radius 2 is 2.35 bits per heavy atom. The van der Waals surface area contributed by atoms with Crippen LogP contribution in [0.1, 0.15) is 5.69 Å². The van der Waals surface area contributed by atoms with E-state index in [9.17, 15) is 4.79 Å². The summed E-state index contributed by atoms with van der Waals surface area (Å²) in [4.78, 5) is 23.9. The van der Waals surface area contributed by atoms with Gasteiger partial charge in [0, 0.05) is 31.4 Å². The van der Waals surface area contributed by atoms with Gasteiger partial charge in [-0.15, -0.1) is 0 Å². The van der Waals surface area contributed by atoms with Gasteiger partial charge in [0.05, 0.1) is 6.54 Å². The maximum atomic E-state index is 10.9. The molecule has 2 heterocycles. The van der Waals surface area contributed by atoms with Crippen molar-refractivity contribution in [1.82, 2.24) is 15.0 Å². The highest BCUT2D eigenvalue weighted by atomic mass is 32.1. The van der Waals surface area contributed by atoms with Gasteiger partial charge in [-0.3, -0.25) is 4.79 Å². The minimum Gasteiger partial charge on any atom is -0.364 e.